The number of aryl methyl sites for hydroxylation is 1. The second-order valence-electron chi connectivity index (χ2n) is 2.44. The fraction of sp³-hybridized carbons (Fsp3) is 0.250. The van der Waals surface area contributed by atoms with Crippen LogP contribution in [0.15, 0.2) is 12.1 Å². The third kappa shape index (κ3) is 1.57. The van der Waals surface area contributed by atoms with Gasteiger partial charge in [-0.05, 0) is 24.6 Å². The quantitative estimate of drug-likeness (QED) is 0.635. The van der Waals surface area contributed by atoms with Gasteiger partial charge in [-0.3, -0.25) is 0 Å². The van der Waals surface area contributed by atoms with Gasteiger partial charge in [-0.25, -0.2) is 0 Å². The first-order valence-electron chi connectivity index (χ1n) is 3.38. The van der Waals surface area contributed by atoms with E-state index in [1.165, 1.54) is 0 Å². The molecule has 0 aromatic heterocycles. The zero-order valence-corrected chi connectivity index (χ0v) is 7.37. The summed E-state index contributed by atoms with van der Waals surface area (Å²) < 4.78 is 0. The third-order valence-corrected chi connectivity index (χ3v) is 1.86. The van der Waals surface area contributed by atoms with Crippen LogP contribution in [-0.4, -0.2) is 7.05 Å². The second kappa shape index (κ2) is 3.01. The Morgan fingerprint density at radius 3 is 2.55 bits per heavy atom. The van der Waals surface area contributed by atoms with Gasteiger partial charge < -0.3 is 11.1 Å². The summed E-state index contributed by atoms with van der Waals surface area (Å²) >= 11 is 5.89. The topological polar surface area (TPSA) is 38.0 Å². The van der Waals surface area contributed by atoms with Crippen LogP contribution in [0.2, 0.25) is 5.02 Å². The lowest BCUT2D eigenvalue weighted by Gasteiger charge is -2.07. The highest BCUT2D eigenvalue weighted by Crippen LogP contribution is 2.27. The number of halogens is 1. The molecule has 0 fully saturated rings. The van der Waals surface area contributed by atoms with Crippen molar-refractivity contribution in [2.75, 3.05) is 18.1 Å². The van der Waals surface area contributed by atoms with Gasteiger partial charge in [0.25, 0.3) is 0 Å². The van der Waals surface area contributed by atoms with Crippen molar-refractivity contribution in [3.8, 4) is 0 Å². The Kier molecular flexibility index (Phi) is 2.25. The van der Waals surface area contributed by atoms with E-state index in [-0.39, 0.29) is 0 Å². The Bertz CT molecular complexity index is 248. The van der Waals surface area contributed by atoms with Gasteiger partial charge in [0.05, 0.1) is 10.7 Å². The van der Waals surface area contributed by atoms with E-state index >= 15 is 0 Å². The zero-order valence-electron chi connectivity index (χ0n) is 6.61. The van der Waals surface area contributed by atoms with Crippen molar-refractivity contribution >= 4 is 23.0 Å². The molecule has 0 aliphatic carbocycles. The van der Waals surface area contributed by atoms with Crippen LogP contribution in [0.1, 0.15) is 5.56 Å². The highest BCUT2D eigenvalue weighted by molar-refractivity contribution is 6.33. The maximum absolute atomic E-state index is 5.89. The first-order valence-corrected chi connectivity index (χ1v) is 3.76. The minimum absolute atomic E-state index is 0.671. The van der Waals surface area contributed by atoms with Gasteiger partial charge in [0, 0.05) is 12.7 Å². The number of nitrogens with one attached hydrogen (secondary N) is 1. The molecule has 3 N–H and O–H groups in total. The molecule has 0 amide bonds. The maximum Gasteiger partial charge on any atom is 0.0660 e. The van der Waals surface area contributed by atoms with Gasteiger partial charge in [0.15, 0.2) is 0 Å². The molecular formula is C8H11ClN2. The van der Waals surface area contributed by atoms with E-state index in [4.69, 9.17) is 17.3 Å². The standard InChI is InChI=1S/C8H11ClN2/c1-5-3-6(10)4-7(9)8(5)11-2/h3-4,11H,10H2,1-2H3. The van der Waals surface area contributed by atoms with Gasteiger partial charge in [0.1, 0.15) is 0 Å². The molecule has 2 nitrogen and oxygen atoms in total. The van der Waals surface area contributed by atoms with Gasteiger partial charge in [-0.15, -0.1) is 0 Å². The Balaban J connectivity index is 3.25. The summed E-state index contributed by atoms with van der Waals surface area (Å²) in [6.07, 6.45) is 0. The molecule has 0 aliphatic heterocycles. The highest BCUT2D eigenvalue weighted by Gasteiger charge is 2.01. The van der Waals surface area contributed by atoms with E-state index in [0.717, 1.165) is 11.3 Å². The Hall–Kier alpha value is -0.890. The van der Waals surface area contributed by atoms with Crippen LogP contribution in [0.5, 0.6) is 0 Å². The van der Waals surface area contributed by atoms with Crippen LogP contribution in [-0.2, 0) is 0 Å². The summed E-state index contributed by atoms with van der Waals surface area (Å²) in [6.45, 7) is 1.97. The predicted octanol–water partition coefficient (Wildman–Crippen LogP) is 2.27. The largest absolute Gasteiger partial charge is 0.399 e. The van der Waals surface area contributed by atoms with Gasteiger partial charge in [0.2, 0.25) is 0 Å². The second-order valence-corrected chi connectivity index (χ2v) is 2.85. The smallest absolute Gasteiger partial charge is 0.0660 e. The fourth-order valence-corrected chi connectivity index (χ4v) is 1.46. The van der Waals surface area contributed by atoms with Crippen LogP contribution in [0.4, 0.5) is 11.4 Å². The molecule has 3 heteroatoms. The van der Waals surface area contributed by atoms with E-state index in [1.807, 2.05) is 20.0 Å². The lowest BCUT2D eigenvalue weighted by atomic mass is 10.2. The number of nitrogen functional groups attached to an aromatic ring is 1. The number of hydrogen-bond donors (Lipinski definition) is 2. The predicted molar refractivity (Wildman–Crippen MR) is 50.1 cm³/mol. The number of nitrogens with two attached hydrogens (primary N) is 1. The van der Waals surface area contributed by atoms with E-state index in [2.05, 4.69) is 5.32 Å². The van der Waals surface area contributed by atoms with Crippen LogP contribution >= 0.6 is 11.6 Å². The molecule has 1 aromatic rings. The van der Waals surface area contributed by atoms with Crippen molar-refractivity contribution in [3.05, 3.63) is 22.7 Å². The van der Waals surface area contributed by atoms with Crippen LogP contribution < -0.4 is 11.1 Å². The van der Waals surface area contributed by atoms with Crippen molar-refractivity contribution in [3.63, 3.8) is 0 Å². The minimum Gasteiger partial charge on any atom is -0.399 e. The Labute approximate surface area is 71.4 Å². The molecular weight excluding hydrogens is 160 g/mol. The molecule has 0 bridgehead atoms. The minimum atomic E-state index is 0.671. The van der Waals surface area contributed by atoms with Crippen molar-refractivity contribution in [1.82, 2.24) is 0 Å². The van der Waals surface area contributed by atoms with E-state index < -0.39 is 0 Å². The molecule has 0 aliphatic rings. The lowest BCUT2D eigenvalue weighted by Crippen LogP contribution is -1.94. The monoisotopic (exact) mass is 170 g/mol. The van der Waals surface area contributed by atoms with Crippen molar-refractivity contribution in [2.45, 2.75) is 6.92 Å². The van der Waals surface area contributed by atoms with Crippen molar-refractivity contribution < 1.29 is 0 Å². The summed E-state index contributed by atoms with van der Waals surface area (Å²) in [5, 5.41) is 3.67. The summed E-state index contributed by atoms with van der Waals surface area (Å²) in [4.78, 5) is 0. The van der Waals surface area contributed by atoms with E-state index in [0.29, 0.717) is 10.7 Å². The van der Waals surface area contributed by atoms with E-state index in [1.54, 1.807) is 6.07 Å². The van der Waals surface area contributed by atoms with Crippen molar-refractivity contribution in [1.29, 1.82) is 0 Å². The van der Waals surface area contributed by atoms with Crippen LogP contribution in [0.3, 0.4) is 0 Å². The Morgan fingerprint density at radius 2 is 2.09 bits per heavy atom. The average molecular weight is 171 g/mol. The van der Waals surface area contributed by atoms with Crippen LogP contribution in [0.25, 0.3) is 0 Å². The average Bonchev–Trinajstić information content (AvgIpc) is 1.85. The van der Waals surface area contributed by atoms with Gasteiger partial charge in [-0.2, -0.15) is 0 Å². The number of benzene rings is 1. The molecule has 0 radical (unpaired) electrons. The number of hydrogen-bond acceptors (Lipinski definition) is 2. The van der Waals surface area contributed by atoms with Gasteiger partial charge >= 0.3 is 0 Å². The summed E-state index contributed by atoms with van der Waals surface area (Å²) in [5.74, 6) is 0. The molecule has 60 valence electrons. The first-order chi connectivity index (χ1) is 5.15. The van der Waals surface area contributed by atoms with Crippen molar-refractivity contribution in [2.24, 2.45) is 0 Å². The molecule has 0 heterocycles. The number of rotatable bonds is 1. The molecule has 0 unspecified atom stereocenters. The zero-order chi connectivity index (χ0) is 8.43. The molecule has 0 spiro atoms. The SMILES string of the molecule is CNc1c(C)cc(N)cc1Cl. The Morgan fingerprint density at radius 1 is 1.45 bits per heavy atom. The molecule has 1 rings (SSSR count). The normalized spacial score (nSPS) is 9.73. The maximum atomic E-state index is 5.89. The summed E-state index contributed by atoms with van der Waals surface area (Å²) in [7, 11) is 1.84. The van der Waals surface area contributed by atoms with E-state index in [9.17, 15) is 0 Å². The first kappa shape index (κ1) is 8.21. The fourth-order valence-electron chi connectivity index (χ4n) is 1.09. The lowest BCUT2D eigenvalue weighted by molar-refractivity contribution is 1.41. The summed E-state index contributed by atoms with van der Waals surface area (Å²) in [6, 6.07) is 3.62. The molecule has 1 aromatic carbocycles. The molecule has 0 saturated carbocycles. The molecule has 11 heavy (non-hydrogen) atoms. The third-order valence-electron chi connectivity index (χ3n) is 1.56. The van der Waals surface area contributed by atoms with Crippen LogP contribution in [0, 0.1) is 6.92 Å². The van der Waals surface area contributed by atoms with Gasteiger partial charge in [-0.1, -0.05) is 11.6 Å². The number of anilines is 2. The summed E-state index contributed by atoms with van der Waals surface area (Å²) in [5.41, 5.74) is 8.28. The molecule has 0 atom stereocenters. The molecule has 0 saturated heterocycles. The highest BCUT2D eigenvalue weighted by atomic mass is 35.5.